The van der Waals surface area contributed by atoms with Crippen LogP contribution in [-0.4, -0.2) is 0 Å². The molecule has 0 aliphatic rings. The maximum absolute atomic E-state index is 6.35. The van der Waals surface area contributed by atoms with Crippen LogP contribution in [0.5, 0.6) is 0 Å². The maximum atomic E-state index is 6.35. The molecule has 2 nitrogen and oxygen atoms in total. The smallest absolute Gasteiger partial charge is 0.137 e. The number of hydrogen-bond donors (Lipinski definition) is 0. The number of hydrogen-bond acceptors (Lipinski definition) is 3. The molecule has 3 heteroatoms. The van der Waals surface area contributed by atoms with Gasteiger partial charge in [-0.05, 0) is 80.8 Å². The predicted octanol–water partition coefficient (Wildman–Crippen LogP) is 12.9. The van der Waals surface area contributed by atoms with Crippen LogP contribution in [0.4, 0.5) is 17.1 Å². The van der Waals surface area contributed by atoms with E-state index >= 15 is 0 Å². The van der Waals surface area contributed by atoms with E-state index in [1.165, 1.54) is 52.5 Å². The molecule has 210 valence electrons. The largest absolute Gasteiger partial charge is 0.456 e. The fraction of sp³-hybridized carbons (Fsp3) is 0. The van der Waals surface area contributed by atoms with E-state index in [2.05, 4.69) is 144 Å². The van der Waals surface area contributed by atoms with Gasteiger partial charge in [0, 0.05) is 54.1 Å². The van der Waals surface area contributed by atoms with Gasteiger partial charge in [0.2, 0.25) is 0 Å². The van der Waals surface area contributed by atoms with Crippen LogP contribution in [0.2, 0.25) is 0 Å². The molecule has 0 spiro atoms. The Morgan fingerprint density at radius 2 is 0.911 bits per heavy atom. The van der Waals surface area contributed by atoms with Crippen molar-refractivity contribution in [3.05, 3.63) is 152 Å². The van der Waals surface area contributed by atoms with E-state index in [1.54, 1.807) is 0 Å². The Bertz CT molecular complexity index is 2670. The van der Waals surface area contributed by atoms with Crippen molar-refractivity contribution in [2.45, 2.75) is 0 Å². The molecule has 0 radical (unpaired) electrons. The molecule has 0 amide bonds. The maximum Gasteiger partial charge on any atom is 0.137 e. The number of benzene rings is 8. The molecule has 0 fully saturated rings. The van der Waals surface area contributed by atoms with Gasteiger partial charge in [-0.25, -0.2) is 0 Å². The van der Waals surface area contributed by atoms with Gasteiger partial charge in [-0.15, -0.1) is 11.3 Å². The van der Waals surface area contributed by atoms with Gasteiger partial charge in [0.25, 0.3) is 0 Å². The number of fused-ring (bicyclic) bond motifs is 11. The van der Waals surface area contributed by atoms with Crippen LogP contribution >= 0.6 is 11.3 Å². The zero-order chi connectivity index (χ0) is 29.5. The highest BCUT2D eigenvalue weighted by atomic mass is 32.1. The van der Waals surface area contributed by atoms with Crippen molar-refractivity contribution in [1.82, 2.24) is 0 Å². The van der Waals surface area contributed by atoms with Gasteiger partial charge in [0.05, 0.1) is 0 Å². The van der Waals surface area contributed by atoms with E-state index in [-0.39, 0.29) is 0 Å². The fourth-order valence-corrected chi connectivity index (χ4v) is 8.25. The molecular formula is C42H25NOS. The third-order valence-corrected chi connectivity index (χ3v) is 10.4. The highest BCUT2D eigenvalue weighted by Gasteiger charge is 2.18. The minimum absolute atomic E-state index is 0.889. The first-order chi connectivity index (χ1) is 22.3. The van der Waals surface area contributed by atoms with E-state index in [9.17, 15) is 0 Å². The van der Waals surface area contributed by atoms with Crippen molar-refractivity contribution in [2.24, 2.45) is 0 Å². The van der Waals surface area contributed by atoms with Gasteiger partial charge in [-0.2, -0.15) is 0 Å². The molecule has 0 saturated carbocycles. The third-order valence-electron chi connectivity index (χ3n) is 9.22. The van der Waals surface area contributed by atoms with Crippen molar-refractivity contribution < 1.29 is 4.42 Å². The summed E-state index contributed by atoms with van der Waals surface area (Å²) in [6.45, 7) is 0. The van der Waals surface area contributed by atoms with Crippen molar-refractivity contribution in [3.63, 3.8) is 0 Å². The second-order valence-electron chi connectivity index (χ2n) is 11.7. The van der Waals surface area contributed by atoms with Crippen molar-refractivity contribution >= 4 is 103 Å². The molecule has 2 aromatic heterocycles. The van der Waals surface area contributed by atoms with Gasteiger partial charge in [0.15, 0.2) is 0 Å². The Kier molecular flexibility index (Phi) is 5.19. The number of nitrogens with zero attached hydrogens (tertiary/aromatic N) is 1. The van der Waals surface area contributed by atoms with E-state index in [0.29, 0.717) is 0 Å². The Balaban J connectivity index is 1.20. The van der Waals surface area contributed by atoms with Crippen molar-refractivity contribution in [2.75, 3.05) is 4.90 Å². The molecule has 10 aromatic rings. The average molecular weight is 592 g/mol. The van der Waals surface area contributed by atoms with Crippen LogP contribution in [0.15, 0.2) is 156 Å². The second kappa shape index (κ2) is 9.43. The van der Waals surface area contributed by atoms with Gasteiger partial charge in [-0.1, -0.05) is 97.1 Å². The highest BCUT2D eigenvalue weighted by molar-refractivity contribution is 7.25. The van der Waals surface area contributed by atoms with Crippen LogP contribution in [0.3, 0.4) is 0 Å². The quantitative estimate of drug-likeness (QED) is 0.190. The second-order valence-corrected chi connectivity index (χ2v) is 12.8. The molecule has 10 rings (SSSR count). The van der Waals surface area contributed by atoms with Crippen LogP contribution in [0, 0.1) is 0 Å². The normalized spacial score (nSPS) is 12.0. The number of para-hydroxylation sites is 1. The van der Waals surface area contributed by atoms with E-state index < -0.39 is 0 Å². The van der Waals surface area contributed by atoms with Gasteiger partial charge < -0.3 is 9.32 Å². The number of anilines is 3. The lowest BCUT2D eigenvalue weighted by molar-refractivity contribution is 0.669. The number of rotatable bonds is 3. The molecule has 2 heterocycles. The molecule has 0 aliphatic carbocycles. The first-order valence-electron chi connectivity index (χ1n) is 15.3. The predicted molar refractivity (Wildman–Crippen MR) is 194 cm³/mol. The molecule has 45 heavy (non-hydrogen) atoms. The van der Waals surface area contributed by atoms with Gasteiger partial charge in [0.1, 0.15) is 11.2 Å². The highest BCUT2D eigenvalue weighted by Crippen LogP contribution is 2.43. The van der Waals surface area contributed by atoms with Crippen molar-refractivity contribution in [3.8, 4) is 0 Å². The van der Waals surface area contributed by atoms with Crippen molar-refractivity contribution in [1.29, 1.82) is 0 Å². The summed E-state index contributed by atoms with van der Waals surface area (Å²) in [6, 6.07) is 54.9. The summed E-state index contributed by atoms with van der Waals surface area (Å²) < 4.78 is 8.94. The molecule has 0 bridgehead atoms. The Labute approximate surface area is 263 Å². The lowest BCUT2D eigenvalue weighted by Crippen LogP contribution is -2.09. The van der Waals surface area contributed by atoms with Gasteiger partial charge >= 0.3 is 0 Å². The molecule has 0 saturated heterocycles. The van der Waals surface area contributed by atoms with E-state index in [4.69, 9.17) is 4.42 Å². The average Bonchev–Trinajstić information content (AvgIpc) is 3.65. The van der Waals surface area contributed by atoms with Crippen LogP contribution in [-0.2, 0) is 0 Å². The Morgan fingerprint density at radius 1 is 0.356 bits per heavy atom. The summed E-state index contributed by atoms with van der Waals surface area (Å²) in [4.78, 5) is 2.36. The Morgan fingerprint density at radius 3 is 1.78 bits per heavy atom. The third kappa shape index (κ3) is 3.75. The molecule has 0 atom stereocenters. The fourth-order valence-electron chi connectivity index (χ4n) is 7.11. The summed E-state index contributed by atoms with van der Waals surface area (Å²) in [5, 5.41) is 12.5. The minimum atomic E-state index is 0.889. The van der Waals surface area contributed by atoms with E-state index in [1.807, 2.05) is 23.5 Å². The molecule has 8 aromatic carbocycles. The summed E-state index contributed by atoms with van der Waals surface area (Å²) in [5.41, 5.74) is 5.09. The van der Waals surface area contributed by atoms with Crippen LogP contribution in [0.1, 0.15) is 0 Å². The SMILES string of the molecule is c1ccc2c(c1)ccc1c3ccc(N(c4ccc5c(c4)oc4ccccc45)c4ccc5c(c4)sc4ccccc45)cc3ccc21. The van der Waals surface area contributed by atoms with Gasteiger partial charge in [-0.3, -0.25) is 0 Å². The zero-order valence-corrected chi connectivity index (χ0v) is 25.0. The van der Waals surface area contributed by atoms with Crippen LogP contribution in [0.25, 0.3) is 74.4 Å². The monoisotopic (exact) mass is 591 g/mol. The first kappa shape index (κ1) is 24.8. The summed E-state index contributed by atoms with van der Waals surface area (Å²) >= 11 is 1.85. The molecular weight excluding hydrogens is 567 g/mol. The molecule has 0 unspecified atom stereocenters. The van der Waals surface area contributed by atoms with E-state index in [0.717, 1.165) is 39.0 Å². The molecule has 0 N–H and O–H groups in total. The zero-order valence-electron chi connectivity index (χ0n) is 24.2. The molecule has 0 aliphatic heterocycles. The lowest BCUT2D eigenvalue weighted by Gasteiger charge is -2.26. The Hall–Kier alpha value is -5.64. The number of thiophene rings is 1. The number of furan rings is 1. The summed E-state index contributed by atoms with van der Waals surface area (Å²) in [5.74, 6) is 0. The topological polar surface area (TPSA) is 16.4 Å². The minimum Gasteiger partial charge on any atom is -0.456 e. The summed E-state index contributed by atoms with van der Waals surface area (Å²) in [7, 11) is 0. The standard InChI is InChI=1S/C42H25NOS/c1-2-8-31-26(7-1)13-18-34-32-20-15-28(23-27(32)14-19-33(31)34)43(29-16-21-36-35-9-3-5-11-39(35)44-40(36)24-29)30-17-22-38-37-10-4-6-12-41(37)45-42(38)25-30/h1-25H. The van der Waals surface area contributed by atoms with Crippen LogP contribution < -0.4 is 4.90 Å². The first-order valence-corrected chi connectivity index (χ1v) is 16.1. The lowest BCUT2D eigenvalue weighted by atomic mass is 9.96. The summed E-state index contributed by atoms with van der Waals surface area (Å²) in [6.07, 6.45) is 0.